The van der Waals surface area contributed by atoms with Crippen LogP contribution in [0.2, 0.25) is 0 Å². The van der Waals surface area contributed by atoms with Crippen molar-refractivity contribution in [2.75, 3.05) is 18.6 Å². The maximum Gasteiger partial charge on any atom is 0.330 e. The van der Waals surface area contributed by atoms with E-state index in [-0.39, 0.29) is 0 Å². The molecule has 172 valence electrons. The molecule has 2 aromatic heterocycles. The molecule has 3 heterocycles. The van der Waals surface area contributed by atoms with E-state index in [0.717, 1.165) is 27.3 Å². The van der Waals surface area contributed by atoms with Gasteiger partial charge in [0, 0.05) is 12.1 Å². The van der Waals surface area contributed by atoms with E-state index in [2.05, 4.69) is 11.6 Å². The smallest absolute Gasteiger partial charge is 0.330 e. The van der Waals surface area contributed by atoms with E-state index >= 15 is 0 Å². The van der Waals surface area contributed by atoms with Gasteiger partial charge in [-0.15, -0.1) is 11.3 Å². The van der Waals surface area contributed by atoms with Crippen molar-refractivity contribution in [3.8, 4) is 16.5 Å². The predicted octanol–water partition coefficient (Wildman–Crippen LogP) is 5.04. The minimum atomic E-state index is -1.49. The summed E-state index contributed by atoms with van der Waals surface area (Å²) < 4.78 is 11.0. The van der Waals surface area contributed by atoms with E-state index in [9.17, 15) is 14.7 Å². The number of amides is 2. The van der Waals surface area contributed by atoms with Crippen molar-refractivity contribution in [1.29, 1.82) is 0 Å². The summed E-state index contributed by atoms with van der Waals surface area (Å²) in [6.45, 7) is 9.35. The van der Waals surface area contributed by atoms with Gasteiger partial charge in [0.05, 0.1) is 23.9 Å². The Morgan fingerprint density at radius 3 is 2.70 bits per heavy atom. The fourth-order valence-electron chi connectivity index (χ4n) is 4.01. The fourth-order valence-corrected chi connectivity index (χ4v) is 5.30. The molecule has 8 nitrogen and oxygen atoms in total. The highest BCUT2D eigenvalue weighted by Gasteiger charge is 2.47. The lowest BCUT2D eigenvalue weighted by molar-refractivity contribution is -0.146. The van der Waals surface area contributed by atoms with Crippen LogP contribution in [0.15, 0.2) is 47.7 Å². The summed E-state index contributed by atoms with van der Waals surface area (Å²) in [4.78, 5) is 33.7. The van der Waals surface area contributed by atoms with Crippen LogP contribution in [0.3, 0.4) is 0 Å². The Kier molecular flexibility index (Phi) is 5.75. The Labute approximate surface area is 195 Å². The Morgan fingerprint density at radius 2 is 2.06 bits per heavy atom. The number of hydrogen-bond donors (Lipinski definition) is 1. The number of oxazole rings is 1. The number of hydrogen-bond acceptors (Lipinski definition) is 6. The number of carbonyl (C=O) groups excluding carboxylic acids is 1. The third kappa shape index (κ3) is 3.68. The molecule has 2 amide bonds. The molecule has 0 atom stereocenters. The molecule has 0 fully saturated rings. The summed E-state index contributed by atoms with van der Waals surface area (Å²) in [6, 6.07) is 7.19. The van der Waals surface area contributed by atoms with E-state index in [4.69, 9.17) is 9.15 Å². The monoisotopic (exact) mass is 467 g/mol. The number of carbonyl (C=O) groups is 2. The number of aliphatic carboxylic acids is 1. The molecule has 0 saturated heterocycles. The Balaban J connectivity index is 1.82. The first kappa shape index (κ1) is 22.6. The Bertz CT molecular complexity index is 1230. The van der Waals surface area contributed by atoms with Gasteiger partial charge < -0.3 is 14.3 Å². The zero-order valence-corrected chi connectivity index (χ0v) is 19.7. The van der Waals surface area contributed by atoms with Crippen LogP contribution < -0.4 is 9.64 Å². The molecule has 0 saturated carbocycles. The summed E-state index contributed by atoms with van der Waals surface area (Å²) >= 11 is 1.38. The molecule has 1 aromatic carbocycles. The van der Waals surface area contributed by atoms with Crippen LogP contribution in [0.5, 0.6) is 5.75 Å². The zero-order chi connectivity index (χ0) is 23.9. The Morgan fingerprint density at radius 1 is 1.33 bits per heavy atom. The van der Waals surface area contributed by atoms with Crippen LogP contribution in [0.1, 0.15) is 30.5 Å². The Hall–Kier alpha value is -3.59. The highest BCUT2D eigenvalue weighted by atomic mass is 32.1. The number of aromatic nitrogens is 1. The van der Waals surface area contributed by atoms with Crippen LogP contribution >= 0.6 is 11.3 Å². The second-order valence-corrected chi connectivity index (χ2v) is 9.21. The quantitative estimate of drug-likeness (QED) is 0.523. The van der Waals surface area contributed by atoms with Gasteiger partial charge in [-0.1, -0.05) is 24.8 Å². The number of anilines is 1. The van der Waals surface area contributed by atoms with E-state index in [0.29, 0.717) is 29.6 Å². The van der Waals surface area contributed by atoms with Gasteiger partial charge in [0.2, 0.25) is 5.89 Å². The van der Waals surface area contributed by atoms with Crippen molar-refractivity contribution >= 4 is 34.0 Å². The second kappa shape index (κ2) is 8.40. The average Bonchev–Trinajstić information content (AvgIpc) is 3.41. The molecule has 9 heteroatoms. The summed E-state index contributed by atoms with van der Waals surface area (Å²) in [5.74, 6) is 0.0592. The lowest BCUT2D eigenvalue weighted by atomic mass is 9.97. The first-order valence-corrected chi connectivity index (χ1v) is 11.2. The van der Waals surface area contributed by atoms with Crippen LogP contribution in [0.4, 0.5) is 9.80 Å². The lowest BCUT2D eigenvalue weighted by Crippen LogP contribution is -2.58. The minimum Gasteiger partial charge on any atom is -0.496 e. The van der Waals surface area contributed by atoms with Gasteiger partial charge in [-0.05, 0) is 44.4 Å². The van der Waals surface area contributed by atoms with E-state index in [1.54, 1.807) is 18.2 Å². The largest absolute Gasteiger partial charge is 0.496 e. The number of methoxy groups -OCH3 is 1. The van der Waals surface area contributed by atoms with Crippen LogP contribution in [-0.4, -0.2) is 46.2 Å². The maximum atomic E-state index is 13.7. The molecular formula is C24H25N3O5S. The van der Waals surface area contributed by atoms with Crippen molar-refractivity contribution < 1.29 is 23.8 Å². The molecule has 1 N–H and O–H groups in total. The maximum absolute atomic E-state index is 13.7. The highest BCUT2D eigenvalue weighted by Crippen LogP contribution is 2.49. The van der Waals surface area contributed by atoms with Crippen LogP contribution in [0.25, 0.3) is 16.5 Å². The predicted molar refractivity (Wildman–Crippen MR) is 127 cm³/mol. The van der Waals surface area contributed by atoms with Crippen molar-refractivity contribution in [3.05, 3.63) is 60.0 Å². The first-order valence-electron chi connectivity index (χ1n) is 10.4. The molecular weight excluding hydrogens is 442 g/mol. The SMILES string of the molecule is C=C1c2c(sc(-c3ncco3)c2C)N(CCc2ccccc2OC)C(=O)N1C(C)(C)C(=O)O. The highest BCUT2D eigenvalue weighted by molar-refractivity contribution is 7.20. The van der Waals surface area contributed by atoms with Gasteiger partial charge in [-0.25, -0.2) is 14.6 Å². The number of carboxylic acid groups (broad SMARTS) is 1. The summed E-state index contributed by atoms with van der Waals surface area (Å²) in [5.41, 5.74) is 1.36. The second-order valence-electron chi connectivity index (χ2n) is 8.22. The third-order valence-electron chi connectivity index (χ3n) is 5.86. The molecule has 1 aliphatic heterocycles. The number of rotatable bonds is 7. The van der Waals surface area contributed by atoms with Crippen LogP contribution in [0, 0.1) is 6.92 Å². The number of benzene rings is 1. The standard InChI is InChI=1S/C24H25N3O5S/c1-14-18-15(2)27(24(3,4)22(28)29)23(30)26(12-10-16-8-6-7-9-17(16)31-5)21(18)33-19(14)20-25-11-13-32-20/h6-9,11,13H,2,10,12H2,1,3-5H3,(H,28,29). The topological polar surface area (TPSA) is 96.1 Å². The lowest BCUT2D eigenvalue weighted by Gasteiger charge is -2.43. The molecule has 4 rings (SSSR count). The molecule has 0 aliphatic carbocycles. The molecule has 0 spiro atoms. The van der Waals surface area contributed by atoms with Gasteiger partial charge in [0.15, 0.2) is 0 Å². The molecule has 1 aliphatic rings. The molecule has 0 unspecified atom stereocenters. The third-order valence-corrected chi connectivity index (χ3v) is 7.16. The fraction of sp³-hybridized carbons (Fsp3) is 0.292. The molecule has 3 aromatic rings. The zero-order valence-electron chi connectivity index (χ0n) is 18.9. The molecule has 0 bridgehead atoms. The van der Waals surface area contributed by atoms with E-state index in [1.807, 2.05) is 31.2 Å². The summed E-state index contributed by atoms with van der Waals surface area (Å²) in [7, 11) is 1.61. The minimum absolute atomic E-state index is 0.330. The number of fused-ring (bicyclic) bond motifs is 1. The normalized spacial score (nSPS) is 13.9. The number of ether oxygens (including phenoxy) is 1. The van der Waals surface area contributed by atoms with Crippen molar-refractivity contribution in [2.24, 2.45) is 0 Å². The van der Waals surface area contributed by atoms with E-state index in [1.165, 1.54) is 36.3 Å². The van der Waals surface area contributed by atoms with Gasteiger partial charge >= 0.3 is 12.0 Å². The van der Waals surface area contributed by atoms with E-state index < -0.39 is 17.5 Å². The summed E-state index contributed by atoms with van der Waals surface area (Å²) in [5, 5.41) is 10.6. The molecule has 0 radical (unpaired) electrons. The van der Waals surface area contributed by atoms with Gasteiger partial charge in [-0.2, -0.15) is 0 Å². The number of para-hydroxylation sites is 1. The molecule has 33 heavy (non-hydrogen) atoms. The average molecular weight is 468 g/mol. The number of carboxylic acids is 1. The van der Waals surface area contributed by atoms with Crippen LogP contribution in [-0.2, 0) is 11.2 Å². The van der Waals surface area contributed by atoms with Crippen molar-refractivity contribution in [3.63, 3.8) is 0 Å². The summed E-state index contributed by atoms with van der Waals surface area (Å²) in [6.07, 6.45) is 3.58. The van der Waals surface area contributed by atoms with Crippen molar-refractivity contribution in [1.82, 2.24) is 9.88 Å². The first-order chi connectivity index (χ1) is 15.7. The number of nitrogens with zero attached hydrogens (tertiary/aromatic N) is 3. The van der Waals surface area contributed by atoms with Crippen molar-refractivity contribution in [2.45, 2.75) is 32.7 Å². The number of thiophene rings is 1. The van der Waals surface area contributed by atoms with Gasteiger partial charge in [0.1, 0.15) is 22.6 Å². The van der Waals surface area contributed by atoms with Gasteiger partial charge in [0.25, 0.3) is 0 Å². The van der Waals surface area contributed by atoms with Gasteiger partial charge in [-0.3, -0.25) is 9.80 Å². The number of urea groups is 1.